The lowest BCUT2D eigenvalue weighted by Gasteiger charge is -2.10. The van der Waals surface area contributed by atoms with E-state index in [1.165, 1.54) is 6.92 Å². The molecular weight excluding hydrogens is 242 g/mol. The number of nitrogens with one attached hydrogen (secondary N) is 1. The topological polar surface area (TPSA) is 75.4 Å². The first kappa shape index (κ1) is 14.4. The van der Waals surface area contributed by atoms with E-state index in [0.717, 1.165) is 6.07 Å². The molecule has 0 aromatic heterocycles. The van der Waals surface area contributed by atoms with Crippen LogP contribution in [0.3, 0.4) is 0 Å². The molecule has 6 heteroatoms. The largest absolute Gasteiger partial charge is 0.503 e. The fraction of sp³-hybridized carbons (Fsp3) is 0.417. The number of hydrogen-bond acceptors (Lipinski definition) is 3. The Bertz CT molecular complexity index is 450. The minimum absolute atomic E-state index is 0.188. The van der Waals surface area contributed by atoms with E-state index in [9.17, 15) is 18.7 Å². The number of phenols is 1. The molecule has 0 heterocycles. The summed E-state index contributed by atoms with van der Waals surface area (Å²) in [4.78, 5) is 11.4. The molecule has 0 aliphatic carbocycles. The number of hydrogen-bond donors (Lipinski definition) is 3. The summed E-state index contributed by atoms with van der Waals surface area (Å²) < 4.78 is 26.6. The Labute approximate surface area is 104 Å². The van der Waals surface area contributed by atoms with Crippen molar-refractivity contribution in [3.8, 4) is 5.75 Å². The molecule has 0 aliphatic heterocycles. The second-order valence-electron chi connectivity index (χ2n) is 3.99. The Morgan fingerprint density at radius 3 is 2.72 bits per heavy atom. The van der Waals surface area contributed by atoms with Gasteiger partial charge in [-0.2, -0.15) is 0 Å². The van der Waals surface area contributed by atoms with Crippen molar-refractivity contribution < 1.29 is 18.7 Å². The minimum atomic E-state index is -1.06. The Morgan fingerprint density at radius 2 is 2.11 bits per heavy atom. The number of rotatable bonds is 5. The zero-order valence-electron chi connectivity index (χ0n) is 10.1. The van der Waals surface area contributed by atoms with Crippen molar-refractivity contribution in [1.82, 2.24) is 0 Å². The zero-order chi connectivity index (χ0) is 13.7. The molecule has 4 N–H and O–H groups in total. The predicted octanol–water partition coefficient (Wildman–Crippen LogP) is 2.05. The summed E-state index contributed by atoms with van der Waals surface area (Å²) in [7, 11) is 0. The highest BCUT2D eigenvalue weighted by Gasteiger charge is 2.16. The van der Waals surface area contributed by atoms with E-state index in [1.807, 2.05) is 0 Å². The van der Waals surface area contributed by atoms with Gasteiger partial charge in [0.25, 0.3) is 0 Å². The lowest BCUT2D eigenvalue weighted by molar-refractivity contribution is -0.116. The molecule has 0 bridgehead atoms. The number of unbranched alkanes of at least 4 members (excludes halogenated alkanes) is 1. The highest BCUT2D eigenvalue weighted by atomic mass is 19.1. The maximum atomic E-state index is 13.4. The standard InChI is InChI=1S/C12H16F2N2O2/c1-7-8(13)6-9(12(18)11(7)14)16-10(17)4-2-3-5-15/h6,18H,2-5,15H2,1H3,(H,16,17). The molecule has 18 heavy (non-hydrogen) atoms. The van der Waals surface area contributed by atoms with Crippen molar-refractivity contribution in [2.24, 2.45) is 5.73 Å². The first-order valence-electron chi connectivity index (χ1n) is 5.64. The number of benzene rings is 1. The average molecular weight is 258 g/mol. The van der Waals surface area contributed by atoms with Crippen LogP contribution in [0.15, 0.2) is 6.07 Å². The van der Waals surface area contributed by atoms with E-state index in [-0.39, 0.29) is 17.7 Å². The maximum absolute atomic E-state index is 13.4. The van der Waals surface area contributed by atoms with Gasteiger partial charge in [-0.3, -0.25) is 4.79 Å². The van der Waals surface area contributed by atoms with Crippen molar-refractivity contribution in [2.45, 2.75) is 26.2 Å². The van der Waals surface area contributed by atoms with Gasteiger partial charge in [-0.05, 0) is 26.3 Å². The van der Waals surface area contributed by atoms with E-state index >= 15 is 0 Å². The van der Waals surface area contributed by atoms with Crippen molar-refractivity contribution in [3.63, 3.8) is 0 Å². The molecule has 1 aromatic rings. The van der Waals surface area contributed by atoms with Gasteiger partial charge in [0.15, 0.2) is 11.6 Å². The Morgan fingerprint density at radius 1 is 1.44 bits per heavy atom. The third-order valence-electron chi connectivity index (χ3n) is 2.55. The lowest BCUT2D eigenvalue weighted by atomic mass is 10.1. The third-order valence-corrected chi connectivity index (χ3v) is 2.55. The summed E-state index contributed by atoms with van der Waals surface area (Å²) in [6.07, 6.45) is 1.46. The summed E-state index contributed by atoms with van der Waals surface area (Å²) in [5.41, 5.74) is 4.74. The molecule has 0 fully saturated rings. The first-order valence-corrected chi connectivity index (χ1v) is 5.64. The van der Waals surface area contributed by atoms with Crippen LogP contribution in [0.5, 0.6) is 5.75 Å². The zero-order valence-corrected chi connectivity index (χ0v) is 10.1. The molecule has 0 unspecified atom stereocenters. The monoisotopic (exact) mass is 258 g/mol. The second-order valence-corrected chi connectivity index (χ2v) is 3.99. The Balaban J connectivity index is 2.76. The van der Waals surface area contributed by atoms with Gasteiger partial charge in [0.2, 0.25) is 5.91 Å². The maximum Gasteiger partial charge on any atom is 0.224 e. The van der Waals surface area contributed by atoms with Gasteiger partial charge in [-0.25, -0.2) is 8.78 Å². The smallest absolute Gasteiger partial charge is 0.224 e. The normalized spacial score (nSPS) is 10.4. The van der Waals surface area contributed by atoms with Crippen LogP contribution in [-0.2, 0) is 4.79 Å². The molecule has 0 saturated heterocycles. The molecule has 1 amide bonds. The van der Waals surface area contributed by atoms with Crippen molar-refractivity contribution >= 4 is 11.6 Å². The van der Waals surface area contributed by atoms with Crippen LogP contribution in [0.1, 0.15) is 24.8 Å². The fourth-order valence-corrected chi connectivity index (χ4v) is 1.44. The van der Waals surface area contributed by atoms with Crippen LogP contribution >= 0.6 is 0 Å². The van der Waals surface area contributed by atoms with E-state index in [4.69, 9.17) is 5.73 Å². The molecule has 0 aliphatic rings. The molecular formula is C12H16F2N2O2. The first-order chi connectivity index (χ1) is 8.47. The van der Waals surface area contributed by atoms with Crippen molar-refractivity contribution in [2.75, 3.05) is 11.9 Å². The predicted molar refractivity (Wildman–Crippen MR) is 64.3 cm³/mol. The fourth-order valence-electron chi connectivity index (χ4n) is 1.44. The lowest BCUT2D eigenvalue weighted by Crippen LogP contribution is -2.13. The summed E-state index contributed by atoms with van der Waals surface area (Å²) in [6, 6.07) is 0.897. The SMILES string of the molecule is Cc1c(F)cc(NC(=O)CCCCN)c(O)c1F. The molecule has 1 rings (SSSR count). The number of anilines is 1. The molecule has 1 aromatic carbocycles. The van der Waals surface area contributed by atoms with Crippen LogP contribution < -0.4 is 11.1 Å². The molecule has 4 nitrogen and oxygen atoms in total. The number of nitrogens with two attached hydrogens (primary N) is 1. The van der Waals surface area contributed by atoms with Crippen LogP contribution in [0.4, 0.5) is 14.5 Å². The minimum Gasteiger partial charge on any atom is -0.503 e. The van der Waals surface area contributed by atoms with E-state index in [1.54, 1.807) is 0 Å². The summed E-state index contributed by atoms with van der Waals surface area (Å²) >= 11 is 0. The number of carbonyl (C=O) groups is 1. The quantitative estimate of drug-likeness (QED) is 0.559. The number of aromatic hydroxyl groups is 1. The second kappa shape index (κ2) is 6.30. The third kappa shape index (κ3) is 3.40. The van der Waals surface area contributed by atoms with Gasteiger partial charge in [-0.15, -0.1) is 0 Å². The van der Waals surface area contributed by atoms with Crippen LogP contribution in [0.2, 0.25) is 0 Å². The summed E-state index contributed by atoms with van der Waals surface area (Å²) in [5, 5.41) is 11.7. The van der Waals surface area contributed by atoms with Gasteiger partial charge in [0, 0.05) is 18.1 Å². The van der Waals surface area contributed by atoms with Gasteiger partial charge >= 0.3 is 0 Å². The highest BCUT2D eigenvalue weighted by molar-refractivity contribution is 5.92. The van der Waals surface area contributed by atoms with Gasteiger partial charge < -0.3 is 16.2 Å². The molecule has 0 radical (unpaired) electrons. The summed E-state index contributed by atoms with van der Waals surface area (Å²) in [6.45, 7) is 1.68. The van der Waals surface area contributed by atoms with Crippen molar-refractivity contribution in [1.29, 1.82) is 0 Å². The van der Waals surface area contributed by atoms with Gasteiger partial charge in [0.1, 0.15) is 5.82 Å². The van der Waals surface area contributed by atoms with E-state index in [2.05, 4.69) is 5.32 Å². The summed E-state index contributed by atoms with van der Waals surface area (Å²) in [5.74, 6) is -3.04. The average Bonchev–Trinajstić information content (AvgIpc) is 2.33. The van der Waals surface area contributed by atoms with Crippen LogP contribution in [-0.4, -0.2) is 17.6 Å². The van der Waals surface area contributed by atoms with Crippen LogP contribution in [0.25, 0.3) is 0 Å². The van der Waals surface area contributed by atoms with E-state index in [0.29, 0.717) is 19.4 Å². The molecule has 100 valence electrons. The van der Waals surface area contributed by atoms with Crippen molar-refractivity contribution in [3.05, 3.63) is 23.3 Å². The van der Waals surface area contributed by atoms with Gasteiger partial charge in [-0.1, -0.05) is 0 Å². The molecule has 0 saturated carbocycles. The number of carbonyl (C=O) groups excluding carboxylic acids is 1. The number of phenolic OH excluding ortho intramolecular Hbond substituents is 1. The Hall–Kier alpha value is -1.69. The number of amides is 1. The molecule has 0 atom stereocenters. The Kier molecular flexibility index (Phi) is 5.03. The van der Waals surface area contributed by atoms with Gasteiger partial charge in [0.05, 0.1) is 5.69 Å². The molecule has 0 spiro atoms. The van der Waals surface area contributed by atoms with Crippen LogP contribution in [0, 0.1) is 18.6 Å². The number of halogens is 2. The highest BCUT2D eigenvalue weighted by Crippen LogP contribution is 2.30. The van der Waals surface area contributed by atoms with E-state index < -0.39 is 23.3 Å².